The fourth-order valence-electron chi connectivity index (χ4n) is 1.27. The van der Waals surface area contributed by atoms with Crippen molar-refractivity contribution in [2.24, 2.45) is 0 Å². The average Bonchev–Trinajstić information content (AvgIpc) is 2.36. The zero-order valence-electron chi connectivity index (χ0n) is 10.6. The van der Waals surface area contributed by atoms with E-state index in [0.717, 1.165) is 0 Å². The lowest BCUT2D eigenvalue weighted by Gasteiger charge is -2.11. The first-order chi connectivity index (χ1) is 9.78. The summed E-state index contributed by atoms with van der Waals surface area (Å²) in [5, 5.41) is 10.7. The number of carbonyl (C=O) groups excluding carboxylic acids is 1. The van der Waals surface area contributed by atoms with Gasteiger partial charge in [0, 0.05) is 4.90 Å². The van der Waals surface area contributed by atoms with E-state index in [1.54, 1.807) is 12.1 Å². The number of hydrogen-bond acceptors (Lipinski definition) is 4. The molecule has 9 heteroatoms. The lowest BCUT2D eigenvalue weighted by molar-refractivity contribution is -0.143. The summed E-state index contributed by atoms with van der Waals surface area (Å²) < 4.78 is 41.2. The summed E-state index contributed by atoms with van der Waals surface area (Å²) in [7, 11) is 0. The smallest absolute Gasteiger partial charge is 0.398 e. The minimum Gasteiger partial charge on any atom is -0.480 e. The number of benzene rings is 1. The number of carbonyl (C=O) groups is 2. The van der Waals surface area contributed by atoms with Gasteiger partial charge in [0.05, 0.1) is 11.4 Å². The van der Waals surface area contributed by atoms with E-state index in [4.69, 9.17) is 5.11 Å². The first-order valence-electron chi connectivity index (χ1n) is 5.66. The topological polar surface area (TPSA) is 75.6 Å². The Morgan fingerprint density at radius 1 is 1.24 bits per heavy atom. The van der Waals surface area contributed by atoms with E-state index < -0.39 is 37.0 Å². The Morgan fingerprint density at radius 3 is 2.52 bits per heavy atom. The summed E-state index contributed by atoms with van der Waals surface area (Å²) in [4.78, 5) is 22.0. The van der Waals surface area contributed by atoms with Crippen LogP contribution in [0.4, 0.5) is 18.9 Å². The number of rotatable bonds is 7. The molecule has 0 saturated heterocycles. The van der Waals surface area contributed by atoms with Crippen LogP contribution in [0, 0.1) is 0 Å². The van der Waals surface area contributed by atoms with Crippen molar-refractivity contribution in [3.63, 3.8) is 0 Å². The van der Waals surface area contributed by atoms with Gasteiger partial charge in [-0.3, -0.25) is 4.79 Å². The number of alkyl halides is 3. The van der Waals surface area contributed by atoms with Crippen LogP contribution in [-0.2, 0) is 14.3 Å². The van der Waals surface area contributed by atoms with Crippen LogP contribution in [0.5, 0.6) is 0 Å². The maximum Gasteiger partial charge on any atom is 0.398 e. The Morgan fingerprint density at radius 2 is 1.90 bits per heavy atom. The van der Waals surface area contributed by atoms with Crippen molar-refractivity contribution in [1.29, 1.82) is 0 Å². The van der Waals surface area contributed by atoms with Crippen LogP contribution < -0.4 is 5.32 Å². The van der Waals surface area contributed by atoms with Gasteiger partial charge < -0.3 is 15.2 Å². The highest BCUT2D eigenvalue weighted by atomic mass is 32.2. The summed E-state index contributed by atoms with van der Waals surface area (Å²) in [6.45, 7) is -1.12. The summed E-state index contributed by atoms with van der Waals surface area (Å²) in [6, 6.07) is 6.01. The number of halogens is 3. The van der Waals surface area contributed by atoms with Gasteiger partial charge in [-0.05, 0) is 12.1 Å². The Balaban J connectivity index is 2.58. The third kappa shape index (κ3) is 7.57. The molecule has 116 valence electrons. The monoisotopic (exact) mass is 323 g/mol. The highest BCUT2D eigenvalue weighted by Gasteiger charge is 2.27. The molecule has 0 aliphatic carbocycles. The molecule has 5 nitrogen and oxygen atoms in total. The number of para-hydroxylation sites is 1. The number of thioether (sulfide) groups is 1. The molecule has 1 rings (SSSR count). The summed E-state index contributed by atoms with van der Waals surface area (Å²) in [5.41, 5.74) is 0.218. The molecule has 0 aliphatic heterocycles. The van der Waals surface area contributed by atoms with Gasteiger partial charge in [0.15, 0.2) is 0 Å². The number of ether oxygens (including phenoxy) is 1. The Labute approximate surface area is 122 Å². The van der Waals surface area contributed by atoms with Crippen molar-refractivity contribution in [2.45, 2.75) is 11.1 Å². The molecule has 1 aromatic rings. The fraction of sp³-hybridized carbons (Fsp3) is 0.333. The lowest BCUT2D eigenvalue weighted by atomic mass is 10.3. The molecular formula is C12H12F3NO4S. The molecule has 0 saturated carbocycles. The highest BCUT2D eigenvalue weighted by molar-refractivity contribution is 7.99. The molecule has 0 aliphatic rings. The van der Waals surface area contributed by atoms with Gasteiger partial charge in [0.25, 0.3) is 0 Å². The number of anilines is 1. The summed E-state index contributed by atoms with van der Waals surface area (Å²) in [6.07, 6.45) is -4.31. The van der Waals surface area contributed by atoms with E-state index in [9.17, 15) is 22.8 Å². The largest absolute Gasteiger partial charge is 0.480 e. The van der Waals surface area contributed by atoms with Gasteiger partial charge in [0.1, 0.15) is 13.2 Å². The van der Waals surface area contributed by atoms with E-state index in [2.05, 4.69) is 10.1 Å². The molecular weight excluding hydrogens is 311 g/mol. The van der Waals surface area contributed by atoms with Crippen LogP contribution in [0.1, 0.15) is 0 Å². The van der Waals surface area contributed by atoms with Gasteiger partial charge in [-0.2, -0.15) is 13.2 Å². The molecule has 21 heavy (non-hydrogen) atoms. The van der Waals surface area contributed by atoms with Gasteiger partial charge in [-0.25, -0.2) is 4.79 Å². The van der Waals surface area contributed by atoms with E-state index in [-0.39, 0.29) is 10.6 Å². The zero-order chi connectivity index (χ0) is 15.9. The molecule has 0 unspecified atom stereocenters. The second-order valence-corrected chi connectivity index (χ2v) is 4.85. The van der Waals surface area contributed by atoms with Crippen LogP contribution >= 0.6 is 11.8 Å². The van der Waals surface area contributed by atoms with E-state index in [0.29, 0.717) is 11.8 Å². The van der Waals surface area contributed by atoms with Crippen molar-refractivity contribution >= 4 is 29.3 Å². The Kier molecular flexibility index (Phi) is 6.50. The van der Waals surface area contributed by atoms with Crippen LogP contribution in [0.3, 0.4) is 0 Å². The minimum atomic E-state index is -4.31. The molecule has 0 heterocycles. The molecule has 0 aromatic heterocycles. The molecule has 0 atom stereocenters. The molecule has 1 amide bonds. The maximum absolute atomic E-state index is 12.2. The highest BCUT2D eigenvalue weighted by Crippen LogP contribution is 2.31. The number of hydrogen-bond donors (Lipinski definition) is 2. The van der Waals surface area contributed by atoms with E-state index >= 15 is 0 Å². The first-order valence-corrected chi connectivity index (χ1v) is 6.64. The third-order valence-corrected chi connectivity index (χ3v) is 3.15. The van der Waals surface area contributed by atoms with Gasteiger partial charge in [-0.1, -0.05) is 12.1 Å². The minimum absolute atomic E-state index is 0.218. The number of carboxylic acids is 1. The fourth-order valence-corrected chi connectivity index (χ4v) is 2.04. The van der Waals surface area contributed by atoms with E-state index in [1.165, 1.54) is 12.1 Å². The SMILES string of the molecule is O=C(O)COCC(=O)Nc1ccccc1SCC(F)(F)F. The second kappa shape index (κ2) is 7.89. The van der Waals surface area contributed by atoms with Crippen LogP contribution in [0.25, 0.3) is 0 Å². The van der Waals surface area contributed by atoms with Crippen molar-refractivity contribution in [3.05, 3.63) is 24.3 Å². The van der Waals surface area contributed by atoms with Crippen molar-refractivity contribution in [1.82, 2.24) is 0 Å². The zero-order valence-corrected chi connectivity index (χ0v) is 11.5. The Bertz CT molecular complexity index is 508. The van der Waals surface area contributed by atoms with Crippen LogP contribution in [-0.4, -0.2) is 42.1 Å². The molecule has 0 radical (unpaired) electrons. The van der Waals surface area contributed by atoms with Crippen LogP contribution in [0.15, 0.2) is 29.2 Å². The molecule has 1 aromatic carbocycles. The number of nitrogens with one attached hydrogen (secondary N) is 1. The van der Waals surface area contributed by atoms with Gasteiger partial charge >= 0.3 is 12.1 Å². The first kappa shape index (κ1) is 17.3. The van der Waals surface area contributed by atoms with Gasteiger partial charge in [-0.15, -0.1) is 11.8 Å². The van der Waals surface area contributed by atoms with Gasteiger partial charge in [0.2, 0.25) is 5.91 Å². The quantitative estimate of drug-likeness (QED) is 0.754. The normalized spacial score (nSPS) is 11.2. The lowest BCUT2D eigenvalue weighted by Crippen LogP contribution is -2.21. The third-order valence-electron chi connectivity index (χ3n) is 2.01. The molecule has 2 N–H and O–H groups in total. The van der Waals surface area contributed by atoms with Crippen molar-refractivity contribution < 1.29 is 32.6 Å². The number of carboxylic acid groups (broad SMARTS) is 1. The van der Waals surface area contributed by atoms with Crippen molar-refractivity contribution in [2.75, 3.05) is 24.3 Å². The second-order valence-electron chi connectivity index (χ2n) is 3.83. The average molecular weight is 323 g/mol. The molecule has 0 fully saturated rings. The number of amides is 1. The molecule has 0 bridgehead atoms. The standard InChI is InChI=1S/C12H12F3NO4S/c13-12(14,15)7-21-9-4-2-1-3-8(9)16-10(17)5-20-6-11(18)19/h1-4H,5-7H2,(H,16,17)(H,18,19). The van der Waals surface area contributed by atoms with Crippen molar-refractivity contribution in [3.8, 4) is 0 Å². The predicted octanol–water partition coefficient (Wildman–Crippen LogP) is 2.38. The maximum atomic E-state index is 12.2. The number of aliphatic carboxylic acids is 1. The summed E-state index contributed by atoms with van der Waals surface area (Å²) >= 11 is 0.550. The van der Waals surface area contributed by atoms with E-state index in [1.807, 2.05) is 0 Å². The van der Waals surface area contributed by atoms with Crippen LogP contribution in [0.2, 0.25) is 0 Å². The summed E-state index contributed by atoms with van der Waals surface area (Å²) in [5.74, 6) is -2.93. The molecule has 0 spiro atoms. The predicted molar refractivity (Wildman–Crippen MR) is 70.3 cm³/mol. The Hall–Kier alpha value is -1.74.